The molecule has 0 spiro atoms. The molecule has 0 fully saturated rings. The van der Waals surface area contributed by atoms with Crippen molar-refractivity contribution < 1.29 is 4.70 Å². The second-order valence-corrected chi connectivity index (χ2v) is 6.41. The van der Waals surface area contributed by atoms with Crippen LogP contribution in [0.15, 0.2) is 30.6 Å². The summed E-state index contributed by atoms with van der Waals surface area (Å²) in [6.45, 7) is 3.16. The van der Waals surface area contributed by atoms with E-state index < -0.39 is 0 Å². The second kappa shape index (κ2) is 24.3. The van der Waals surface area contributed by atoms with Gasteiger partial charge in [-0.25, -0.2) is 0 Å². The average molecular weight is 341 g/mol. The van der Waals surface area contributed by atoms with E-state index in [1.807, 2.05) is 18.2 Å². The molecule has 0 atom stereocenters. The monoisotopic (exact) mass is 340 g/mol. The van der Waals surface area contributed by atoms with Gasteiger partial charge in [0.1, 0.15) is 0 Å². The summed E-state index contributed by atoms with van der Waals surface area (Å²) >= 11 is 0. The van der Waals surface area contributed by atoms with Crippen LogP contribution in [0.4, 0.5) is 4.70 Å². The molecule has 0 aliphatic heterocycles. The number of pyridine rings is 1. The lowest BCUT2D eigenvalue weighted by Gasteiger charge is -2.02. The van der Waals surface area contributed by atoms with Crippen molar-refractivity contribution in [3.05, 3.63) is 30.6 Å². The molecule has 0 amide bonds. The van der Waals surface area contributed by atoms with Gasteiger partial charge in [-0.1, -0.05) is 96.5 Å². The summed E-state index contributed by atoms with van der Waals surface area (Å²) in [5.74, 6) is 0. The van der Waals surface area contributed by atoms with Gasteiger partial charge in [0.05, 0.1) is 0 Å². The molecule has 24 heavy (non-hydrogen) atoms. The van der Waals surface area contributed by atoms with Crippen LogP contribution >= 0.6 is 0 Å². The Morgan fingerprint density at radius 3 is 1.21 bits per heavy atom. The zero-order valence-electron chi connectivity index (χ0n) is 15.9. The minimum atomic E-state index is 0. The van der Waals surface area contributed by atoms with Crippen LogP contribution in [0.2, 0.25) is 0 Å². The summed E-state index contributed by atoms with van der Waals surface area (Å²) < 4.78 is 0. The van der Waals surface area contributed by atoms with Crippen molar-refractivity contribution in [3.8, 4) is 0 Å². The van der Waals surface area contributed by atoms with Crippen LogP contribution in [0.25, 0.3) is 0 Å². The predicted molar refractivity (Wildman–Crippen MR) is 106 cm³/mol. The first-order valence-electron chi connectivity index (χ1n) is 9.97. The second-order valence-electron chi connectivity index (χ2n) is 6.41. The van der Waals surface area contributed by atoms with Crippen molar-refractivity contribution in [1.82, 2.24) is 4.98 Å². The smallest absolute Gasteiger partial charge is 0.0267 e. The van der Waals surface area contributed by atoms with Gasteiger partial charge in [-0.15, -0.1) is 0 Å². The third-order valence-electron chi connectivity index (χ3n) is 4.12. The fraction of sp³-hybridized carbons (Fsp3) is 0.762. The van der Waals surface area contributed by atoms with Gasteiger partial charge in [0.15, 0.2) is 0 Å². The van der Waals surface area contributed by atoms with Crippen molar-refractivity contribution in [3.63, 3.8) is 0 Å². The lowest BCUT2D eigenvalue weighted by molar-refractivity contribution is 0.536. The topological polar surface area (TPSA) is 38.9 Å². The largest absolute Gasteiger partial charge is 0.330 e. The molecular formula is C21H41FN2. The first-order chi connectivity index (χ1) is 11.4. The van der Waals surface area contributed by atoms with E-state index >= 15 is 0 Å². The van der Waals surface area contributed by atoms with Gasteiger partial charge in [0.2, 0.25) is 0 Å². The molecule has 0 aliphatic carbocycles. The van der Waals surface area contributed by atoms with Gasteiger partial charge in [-0.2, -0.15) is 0 Å². The van der Waals surface area contributed by atoms with Gasteiger partial charge in [0, 0.05) is 12.4 Å². The lowest BCUT2D eigenvalue weighted by Crippen LogP contribution is -1.97. The number of nitrogens with zero attached hydrogens (tertiary/aromatic N) is 1. The van der Waals surface area contributed by atoms with Crippen LogP contribution in [0.1, 0.15) is 96.8 Å². The quantitative estimate of drug-likeness (QED) is 0.384. The summed E-state index contributed by atoms with van der Waals surface area (Å²) in [4.78, 5) is 3.78. The zero-order valence-corrected chi connectivity index (χ0v) is 15.9. The van der Waals surface area contributed by atoms with E-state index in [1.54, 1.807) is 12.4 Å². The van der Waals surface area contributed by atoms with Crippen LogP contribution < -0.4 is 5.73 Å². The number of hydrogen-bond acceptors (Lipinski definition) is 2. The van der Waals surface area contributed by atoms with E-state index in [9.17, 15) is 0 Å². The van der Waals surface area contributed by atoms with E-state index in [1.165, 1.54) is 89.9 Å². The Bertz CT molecular complexity index is 252. The number of nitrogens with two attached hydrogens (primary N) is 1. The fourth-order valence-corrected chi connectivity index (χ4v) is 2.65. The maximum absolute atomic E-state index is 5.47. The summed E-state index contributed by atoms with van der Waals surface area (Å²) in [5.41, 5.74) is 5.47. The first-order valence-corrected chi connectivity index (χ1v) is 9.97. The number of rotatable bonds is 14. The van der Waals surface area contributed by atoms with E-state index in [0.717, 1.165) is 6.54 Å². The molecule has 0 saturated carbocycles. The molecule has 3 heteroatoms. The highest BCUT2D eigenvalue weighted by molar-refractivity contribution is 4.88. The SMILES string of the molecule is CCCCCCCCCCCCCCCCN.F.c1ccncc1. The predicted octanol–water partition coefficient (Wildman–Crippen LogP) is 6.66. The van der Waals surface area contributed by atoms with Gasteiger partial charge < -0.3 is 5.73 Å². The van der Waals surface area contributed by atoms with Crippen LogP contribution in [0.5, 0.6) is 0 Å². The highest BCUT2D eigenvalue weighted by Gasteiger charge is 1.93. The van der Waals surface area contributed by atoms with Gasteiger partial charge in [0.25, 0.3) is 0 Å². The molecule has 1 rings (SSSR count). The first kappa shape index (κ1) is 25.3. The highest BCUT2D eigenvalue weighted by atomic mass is 19.0. The number of hydrogen-bond donors (Lipinski definition) is 1. The Labute approximate surface area is 150 Å². The molecule has 0 radical (unpaired) electrons. The number of aromatic nitrogens is 1. The molecule has 0 aliphatic rings. The molecule has 0 unspecified atom stereocenters. The minimum absolute atomic E-state index is 0. The minimum Gasteiger partial charge on any atom is -0.330 e. The Morgan fingerprint density at radius 1 is 0.583 bits per heavy atom. The standard InChI is InChI=1S/C16H35N.C5H5N.FH/c1-2-3-4-5-6-7-8-9-10-11-12-13-14-15-16-17;1-2-4-6-5-3-1;/h2-17H2,1H3;1-5H;1H. The van der Waals surface area contributed by atoms with Crippen molar-refractivity contribution in [2.45, 2.75) is 96.8 Å². The normalized spacial score (nSPS) is 9.75. The number of unbranched alkanes of at least 4 members (excludes halogenated alkanes) is 13. The Hall–Kier alpha value is -0.960. The van der Waals surface area contributed by atoms with Gasteiger partial charge >= 0.3 is 0 Å². The van der Waals surface area contributed by atoms with E-state index in [-0.39, 0.29) is 4.70 Å². The summed E-state index contributed by atoms with van der Waals surface area (Å²) in [6.07, 6.45) is 23.4. The van der Waals surface area contributed by atoms with Crippen LogP contribution in [-0.4, -0.2) is 11.5 Å². The van der Waals surface area contributed by atoms with Crippen LogP contribution in [0.3, 0.4) is 0 Å². The van der Waals surface area contributed by atoms with Gasteiger partial charge in [-0.05, 0) is 25.1 Å². The van der Waals surface area contributed by atoms with Crippen molar-refractivity contribution in [1.29, 1.82) is 0 Å². The maximum atomic E-state index is 5.47. The van der Waals surface area contributed by atoms with Crippen LogP contribution in [0, 0.1) is 0 Å². The molecule has 1 aromatic heterocycles. The van der Waals surface area contributed by atoms with Crippen molar-refractivity contribution in [2.24, 2.45) is 5.73 Å². The molecule has 0 bridgehead atoms. The molecule has 2 N–H and O–H groups in total. The van der Waals surface area contributed by atoms with Gasteiger partial charge in [-0.3, -0.25) is 9.69 Å². The lowest BCUT2D eigenvalue weighted by atomic mass is 10.0. The summed E-state index contributed by atoms with van der Waals surface area (Å²) in [7, 11) is 0. The molecular weight excluding hydrogens is 299 g/mol. The maximum Gasteiger partial charge on any atom is 0.0267 e. The Kier molecular flexibility index (Phi) is 25.6. The Balaban J connectivity index is 0. The van der Waals surface area contributed by atoms with E-state index in [0.29, 0.717) is 0 Å². The molecule has 1 heterocycles. The van der Waals surface area contributed by atoms with E-state index in [4.69, 9.17) is 5.73 Å². The highest BCUT2D eigenvalue weighted by Crippen LogP contribution is 2.12. The van der Waals surface area contributed by atoms with Crippen LogP contribution in [-0.2, 0) is 0 Å². The van der Waals surface area contributed by atoms with Crippen molar-refractivity contribution in [2.75, 3.05) is 6.54 Å². The van der Waals surface area contributed by atoms with E-state index in [2.05, 4.69) is 11.9 Å². The molecule has 0 saturated heterocycles. The molecule has 1 aromatic rings. The fourth-order valence-electron chi connectivity index (χ4n) is 2.65. The number of halogens is 1. The Morgan fingerprint density at radius 2 is 0.958 bits per heavy atom. The van der Waals surface area contributed by atoms with Crippen molar-refractivity contribution >= 4 is 0 Å². The molecule has 2 nitrogen and oxygen atoms in total. The molecule has 0 aromatic carbocycles. The summed E-state index contributed by atoms with van der Waals surface area (Å²) in [6, 6.07) is 5.72. The molecule has 142 valence electrons. The average Bonchev–Trinajstić information content (AvgIpc) is 2.61. The summed E-state index contributed by atoms with van der Waals surface area (Å²) in [5, 5.41) is 0. The third kappa shape index (κ3) is 23.3. The third-order valence-corrected chi connectivity index (χ3v) is 4.12. The zero-order chi connectivity index (χ0) is 16.8.